The summed E-state index contributed by atoms with van der Waals surface area (Å²) in [5, 5.41) is 8.13. The second-order valence-electron chi connectivity index (χ2n) is 5.96. The molecule has 5 nitrogen and oxygen atoms in total. The zero-order valence-electron chi connectivity index (χ0n) is 13.8. The predicted molar refractivity (Wildman–Crippen MR) is 85.3 cm³/mol. The number of nitrogens with one attached hydrogen (secondary N) is 1. The SMILES string of the molecule is CCC(C)n1ccc(Cn2c(CNC(C)C)cnc2C)n1. The fourth-order valence-corrected chi connectivity index (χ4v) is 2.24. The van der Waals surface area contributed by atoms with Gasteiger partial charge in [0.2, 0.25) is 0 Å². The van der Waals surface area contributed by atoms with Crippen molar-refractivity contribution in [2.75, 3.05) is 0 Å². The largest absolute Gasteiger partial charge is 0.325 e. The molecule has 1 unspecified atom stereocenters. The highest BCUT2D eigenvalue weighted by Crippen LogP contribution is 2.12. The smallest absolute Gasteiger partial charge is 0.106 e. The topological polar surface area (TPSA) is 47.7 Å². The highest BCUT2D eigenvalue weighted by molar-refractivity contribution is 5.09. The maximum absolute atomic E-state index is 4.68. The van der Waals surface area contributed by atoms with Crippen molar-refractivity contribution in [1.82, 2.24) is 24.6 Å². The van der Waals surface area contributed by atoms with E-state index >= 15 is 0 Å². The molecule has 1 atom stereocenters. The third-order valence-electron chi connectivity index (χ3n) is 3.86. The first-order valence-corrected chi connectivity index (χ1v) is 7.79. The van der Waals surface area contributed by atoms with Crippen LogP contribution in [-0.4, -0.2) is 25.4 Å². The second-order valence-corrected chi connectivity index (χ2v) is 5.96. The van der Waals surface area contributed by atoms with Crippen molar-refractivity contribution in [2.45, 2.75) is 66.2 Å². The van der Waals surface area contributed by atoms with E-state index in [4.69, 9.17) is 0 Å². The molecule has 0 saturated heterocycles. The fraction of sp³-hybridized carbons (Fsp3) is 0.625. The Balaban J connectivity index is 2.11. The minimum Gasteiger partial charge on any atom is -0.325 e. The zero-order chi connectivity index (χ0) is 15.4. The molecule has 0 saturated carbocycles. The first-order valence-electron chi connectivity index (χ1n) is 7.79. The van der Waals surface area contributed by atoms with Crippen LogP contribution in [0.4, 0.5) is 0 Å². The van der Waals surface area contributed by atoms with Crippen LogP contribution >= 0.6 is 0 Å². The van der Waals surface area contributed by atoms with Gasteiger partial charge in [0, 0.05) is 31.0 Å². The fourth-order valence-electron chi connectivity index (χ4n) is 2.24. The van der Waals surface area contributed by atoms with Gasteiger partial charge in [-0.15, -0.1) is 0 Å². The van der Waals surface area contributed by atoms with E-state index in [0.717, 1.165) is 31.0 Å². The molecular weight excluding hydrogens is 262 g/mol. The summed E-state index contributed by atoms with van der Waals surface area (Å²) in [5.41, 5.74) is 2.29. The molecule has 0 aliphatic rings. The zero-order valence-corrected chi connectivity index (χ0v) is 13.8. The third-order valence-corrected chi connectivity index (χ3v) is 3.86. The predicted octanol–water partition coefficient (Wildman–Crippen LogP) is 2.91. The quantitative estimate of drug-likeness (QED) is 0.852. The molecule has 0 amide bonds. The summed E-state index contributed by atoms with van der Waals surface area (Å²) in [4.78, 5) is 4.44. The minimum atomic E-state index is 0.449. The molecule has 0 radical (unpaired) electrons. The summed E-state index contributed by atoms with van der Waals surface area (Å²) in [5.74, 6) is 1.04. The number of aryl methyl sites for hydroxylation is 1. The Bertz CT molecular complexity index is 567. The van der Waals surface area contributed by atoms with Gasteiger partial charge >= 0.3 is 0 Å². The van der Waals surface area contributed by atoms with Crippen molar-refractivity contribution >= 4 is 0 Å². The third kappa shape index (κ3) is 3.94. The molecule has 0 spiro atoms. The van der Waals surface area contributed by atoms with E-state index in [1.807, 2.05) is 17.8 Å². The summed E-state index contributed by atoms with van der Waals surface area (Å²) < 4.78 is 4.28. The molecule has 5 heteroatoms. The minimum absolute atomic E-state index is 0.449. The van der Waals surface area contributed by atoms with Crippen molar-refractivity contribution in [2.24, 2.45) is 0 Å². The van der Waals surface area contributed by atoms with Crippen molar-refractivity contribution in [3.05, 3.63) is 35.7 Å². The van der Waals surface area contributed by atoms with E-state index in [1.165, 1.54) is 5.69 Å². The number of aromatic nitrogens is 4. The van der Waals surface area contributed by atoms with Crippen LogP contribution in [0.3, 0.4) is 0 Å². The van der Waals surface area contributed by atoms with E-state index in [-0.39, 0.29) is 0 Å². The van der Waals surface area contributed by atoms with Crippen molar-refractivity contribution in [3.63, 3.8) is 0 Å². The lowest BCUT2D eigenvalue weighted by atomic mass is 10.3. The Hall–Kier alpha value is -1.62. The molecule has 0 fully saturated rings. The summed E-state index contributed by atoms with van der Waals surface area (Å²) in [6, 6.07) is 3.02. The van der Waals surface area contributed by atoms with Gasteiger partial charge in [0.15, 0.2) is 0 Å². The molecule has 0 aromatic carbocycles. The van der Waals surface area contributed by atoms with Crippen LogP contribution < -0.4 is 5.32 Å². The maximum Gasteiger partial charge on any atom is 0.106 e. The molecule has 0 bridgehead atoms. The second kappa shape index (κ2) is 6.89. The summed E-state index contributed by atoms with van der Waals surface area (Å²) >= 11 is 0. The number of hydrogen-bond acceptors (Lipinski definition) is 3. The molecule has 2 heterocycles. The molecular formula is C16H27N5. The number of nitrogens with zero attached hydrogens (tertiary/aromatic N) is 4. The monoisotopic (exact) mass is 289 g/mol. The highest BCUT2D eigenvalue weighted by Gasteiger charge is 2.10. The van der Waals surface area contributed by atoms with Crippen LogP contribution in [0.2, 0.25) is 0 Å². The lowest BCUT2D eigenvalue weighted by molar-refractivity contribution is 0.471. The van der Waals surface area contributed by atoms with Crippen LogP contribution in [0, 0.1) is 6.92 Å². The average molecular weight is 289 g/mol. The van der Waals surface area contributed by atoms with Gasteiger partial charge in [-0.3, -0.25) is 4.68 Å². The van der Waals surface area contributed by atoms with E-state index in [2.05, 4.69) is 59.9 Å². The lowest BCUT2D eigenvalue weighted by Gasteiger charge is -2.12. The van der Waals surface area contributed by atoms with Gasteiger partial charge in [-0.2, -0.15) is 5.10 Å². The molecule has 0 aliphatic heterocycles. The normalized spacial score (nSPS) is 13.0. The van der Waals surface area contributed by atoms with E-state index in [9.17, 15) is 0 Å². The van der Waals surface area contributed by atoms with Gasteiger partial charge in [0.1, 0.15) is 5.82 Å². The van der Waals surface area contributed by atoms with Crippen LogP contribution in [0.5, 0.6) is 0 Å². The van der Waals surface area contributed by atoms with Crippen LogP contribution in [0.1, 0.15) is 57.4 Å². The van der Waals surface area contributed by atoms with Gasteiger partial charge in [-0.25, -0.2) is 4.98 Å². The Morgan fingerprint density at radius 2 is 2.05 bits per heavy atom. The van der Waals surface area contributed by atoms with Crippen LogP contribution in [0.15, 0.2) is 18.5 Å². The summed E-state index contributed by atoms with van der Waals surface area (Å²) in [6.07, 6.45) is 5.12. The van der Waals surface area contributed by atoms with Gasteiger partial charge in [0.25, 0.3) is 0 Å². The van der Waals surface area contributed by atoms with Crippen molar-refractivity contribution in [3.8, 4) is 0 Å². The van der Waals surface area contributed by atoms with Crippen molar-refractivity contribution in [1.29, 1.82) is 0 Å². The maximum atomic E-state index is 4.68. The number of imidazole rings is 1. The molecule has 116 valence electrons. The Morgan fingerprint density at radius 1 is 1.29 bits per heavy atom. The molecule has 2 rings (SSSR count). The molecule has 21 heavy (non-hydrogen) atoms. The molecule has 0 aliphatic carbocycles. The first kappa shape index (κ1) is 15.8. The Morgan fingerprint density at radius 3 is 2.71 bits per heavy atom. The Labute approximate surface area is 127 Å². The Kier molecular flexibility index (Phi) is 5.17. The van der Waals surface area contributed by atoms with Crippen LogP contribution in [-0.2, 0) is 13.1 Å². The van der Waals surface area contributed by atoms with Crippen LogP contribution in [0.25, 0.3) is 0 Å². The van der Waals surface area contributed by atoms with E-state index in [1.54, 1.807) is 0 Å². The summed E-state index contributed by atoms with van der Waals surface area (Å²) in [7, 11) is 0. The molecule has 1 N–H and O–H groups in total. The molecule has 2 aromatic rings. The summed E-state index contributed by atoms with van der Waals surface area (Å²) in [6.45, 7) is 12.3. The van der Waals surface area contributed by atoms with Gasteiger partial charge in [0.05, 0.1) is 17.9 Å². The first-order chi connectivity index (χ1) is 10.0. The van der Waals surface area contributed by atoms with E-state index in [0.29, 0.717) is 12.1 Å². The number of rotatable bonds is 7. The highest BCUT2D eigenvalue weighted by atomic mass is 15.3. The van der Waals surface area contributed by atoms with E-state index < -0.39 is 0 Å². The molecule has 2 aromatic heterocycles. The number of hydrogen-bond donors (Lipinski definition) is 1. The van der Waals surface area contributed by atoms with Gasteiger partial charge in [-0.1, -0.05) is 20.8 Å². The standard InChI is InChI=1S/C16H27N5/c1-6-13(4)21-8-7-15(19-21)11-20-14(5)18-10-16(20)9-17-12(2)3/h7-8,10,12-13,17H,6,9,11H2,1-5H3. The average Bonchev–Trinajstić information content (AvgIpc) is 3.05. The van der Waals surface area contributed by atoms with Gasteiger partial charge in [-0.05, 0) is 26.3 Å². The lowest BCUT2D eigenvalue weighted by Crippen LogP contribution is -2.23. The van der Waals surface area contributed by atoms with Crippen molar-refractivity contribution < 1.29 is 0 Å². The van der Waals surface area contributed by atoms with Gasteiger partial charge < -0.3 is 9.88 Å².